The molecule has 1 aliphatic rings. The zero-order chi connectivity index (χ0) is 17.4. The maximum Gasteiger partial charge on any atom is 0.145 e. The van der Waals surface area contributed by atoms with Crippen LogP contribution in [0.5, 0.6) is 0 Å². The molecule has 124 valence electrons. The number of halogens is 3. The number of hydrogen-bond acceptors (Lipinski definition) is 2. The lowest BCUT2D eigenvalue weighted by Gasteiger charge is -2.26. The van der Waals surface area contributed by atoms with Gasteiger partial charge in [-0.1, -0.05) is 51.8 Å². The minimum absolute atomic E-state index is 0.295. The van der Waals surface area contributed by atoms with Crippen molar-refractivity contribution < 1.29 is 4.39 Å². The molecule has 25 heavy (non-hydrogen) atoms. The van der Waals surface area contributed by atoms with E-state index >= 15 is 0 Å². The first-order valence-electron chi connectivity index (χ1n) is 7.76. The summed E-state index contributed by atoms with van der Waals surface area (Å²) < 4.78 is 15.4. The number of aliphatic imine (C=N–C) groups is 1. The predicted molar refractivity (Wildman–Crippen MR) is 104 cm³/mol. The minimum atomic E-state index is -0.302. The van der Waals surface area contributed by atoms with Crippen molar-refractivity contribution in [2.24, 2.45) is 4.99 Å². The molecule has 0 radical (unpaired) electrons. The van der Waals surface area contributed by atoms with E-state index in [1.165, 1.54) is 6.07 Å². The van der Waals surface area contributed by atoms with Crippen LogP contribution in [0.25, 0.3) is 0 Å². The second-order valence-electron chi connectivity index (χ2n) is 5.75. The van der Waals surface area contributed by atoms with Gasteiger partial charge in [-0.2, -0.15) is 0 Å². The Bertz CT molecular complexity index is 970. The molecular formula is C20H13BrClFN2. The highest BCUT2D eigenvalue weighted by Gasteiger charge is 2.24. The molecule has 0 saturated carbocycles. The van der Waals surface area contributed by atoms with Gasteiger partial charge in [-0.05, 0) is 48.0 Å². The van der Waals surface area contributed by atoms with Crippen LogP contribution in [0.1, 0.15) is 22.9 Å². The highest BCUT2D eigenvalue weighted by atomic mass is 79.9. The molecule has 1 atom stereocenters. The van der Waals surface area contributed by atoms with E-state index in [4.69, 9.17) is 16.6 Å². The fourth-order valence-electron chi connectivity index (χ4n) is 2.89. The molecule has 1 N–H and O–H groups in total. The molecule has 0 spiro atoms. The van der Waals surface area contributed by atoms with E-state index in [1.807, 2.05) is 48.5 Å². The monoisotopic (exact) mass is 414 g/mol. The van der Waals surface area contributed by atoms with Crippen molar-refractivity contribution >= 4 is 38.9 Å². The topological polar surface area (TPSA) is 24.4 Å². The number of nitrogens with one attached hydrogen (secondary N) is 1. The number of hydrogen-bond donors (Lipinski definition) is 1. The molecular weight excluding hydrogens is 403 g/mol. The zero-order valence-corrected chi connectivity index (χ0v) is 15.4. The van der Waals surface area contributed by atoms with Crippen LogP contribution in [0.3, 0.4) is 0 Å². The largest absolute Gasteiger partial charge is 0.360 e. The molecule has 1 aliphatic heterocycles. The van der Waals surface area contributed by atoms with E-state index in [0.29, 0.717) is 16.3 Å². The Balaban J connectivity index is 1.88. The molecule has 3 aromatic carbocycles. The molecule has 0 amide bonds. The molecule has 1 heterocycles. The van der Waals surface area contributed by atoms with Crippen molar-refractivity contribution in [1.82, 2.24) is 0 Å². The van der Waals surface area contributed by atoms with E-state index < -0.39 is 0 Å². The number of nitrogens with zero attached hydrogens (tertiary/aromatic N) is 1. The number of rotatable bonds is 2. The molecule has 0 aliphatic carbocycles. The van der Waals surface area contributed by atoms with Crippen LogP contribution in [-0.2, 0) is 0 Å². The van der Waals surface area contributed by atoms with Gasteiger partial charge in [0.05, 0.1) is 5.71 Å². The molecule has 3 aromatic rings. The molecule has 0 bridgehead atoms. The van der Waals surface area contributed by atoms with Gasteiger partial charge in [-0.15, -0.1) is 0 Å². The van der Waals surface area contributed by atoms with E-state index in [9.17, 15) is 4.39 Å². The highest BCUT2D eigenvalue weighted by molar-refractivity contribution is 9.10. The van der Waals surface area contributed by atoms with E-state index in [-0.39, 0.29) is 12.0 Å². The van der Waals surface area contributed by atoms with Crippen LogP contribution in [0.2, 0.25) is 5.02 Å². The quantitative estimate of drug-likeness (QED) is 0.529. The van der Waals surface area contributed by atoms with Crippen molar-refractivity contribution in [2.45, 2.75) is 6.17 Å². The molecule has 5 heteroatoms. The van der Waals surface area contributed by atoms with Crippen LogP contribution < -0.4 is 5.32 Å². The Hall–Kier alpha value is -2.17. The second-order valence-corrected chi connectivity index (χ2v) is 7.10. The smallest absolute Gasteiger partial charge is 0.145 e. The lowest BCUT2D eigenvalue weighted by molar-refractivity contribution is 0.625. The van der Waals surface area contributed by atoms with Crippen molar-refractivity contribution in [3.05, 3.63) is 98.7 Å². The fourth-order valence-corrected chi connectivity index (χ4v) is 3.32. The van der Waals surface area contributed by atoms with Gasteiger partial charge in [0.2, 0.25) is 0 Å². The first-order chi connectivity index (χ1) is 12.1. The second kappa shape index (κ2) is 6.62. The molecule has 0 saturated heterocycles. The van der Waals surface area contributed by atoms with Gasteiger partial charge >= 0.3 is 0 Å². The summed E-state index contributed by atoms with van der Waals surface area (Å²) in [6.45, 7) is 0. The third-order valence-electron chi connectivity index (χ3n) is 4.10. The van der Waals surface area contributed by atoms with Crippen LogP contribution >= 0.6 is 27.5 Å². The summed E-state index contributed by atoms with van der Waals surface area (Å²) in [5.74, 6) is -0.302. The lowest BCUT2D eigenvalue weighted by Crippen LogP contribution is -2.21. The average molecular weight is 416 g/mol. The van der Waals surface area contributed by atoms with Gasteiger partial charge in [0.25, 0.3) is 0 Å². The van der Waals surface area contributed by atoms with Gasteiger partial charge in [0.1, 0.15) is 12.0 Å². The maximum atomic E-state index is 14.4. The SMILES string of the molecule is Fc1ccccc1C1=NC(c2ccc(Br)cc2)Nc2ccc(Cl)cc21. The van der Waals surface area contributed by atoms with Gasteiger partial charge in [-0.3, -0.25) is 4.99 Å². The standard InChI is InChI=1S/C20H13BrClFN2/c21-13-7-5-12(6-8-13)20-24-18-10-9-14(22)11-16(18)19(25-20)15-3-1-2-4-17(15)23/h1-11,20,24H. The van der Waals surface area contributed by atoms with Crippen LogP contribution in [0, 0.1) is 5.82 Å². The van der Waals surface area contributed by atoms with Crippen LogP contribution in [0.15, 0.2) is 76.2 Å². The Morgan fingerprint density at radius 2 is 1.72 bits per heavy atom. The molecule has 0 fully saturated rings. The normalized spacial score (nSPS) is 16.0. The van der Waals surface area contributed by atoms with E-state index in [0.717, 1.165) is 21.3 Å². The predicted octanol–water partition coefficient (Wildman–Crippen LogP) is 6.20. The zero-order valence-electron chi connectivity index (χ0n) is 13.0. The first-order valence-corrected chi connectivity index (χ1v) is 8.93. The van der Waals surface area contributed by atoms with Gasteiger partial charge in [-0.25, -0.2) is 4.39 Å². The molecule has 2 nitrogen and oxygen atoms in total. The van der Waals surface area contributed by atoms with Crippen molar-refractivity contribution in [3.8, 4) is 0 Å². The highest BCUT2D eigenvalue weighted by Crippen LogP contribution is 2.34. The molecule has 0 aromatic heterocycles. The van der Waals surface area contributed by atoms with E-state index in [2.05, 4.69) is 21.2 Å². The Kier molecular flexibility index (Phi) is 4.32. The summed E-state index contributed by atoms with van der Waals surface area (Å²) in [6.07, 6.45) is -0.295. The first kappa shape index (κ1) is 16.3. The van der Waals surface area contributed by atoms with Crippen LogP contribution in [0.4, 0.5) is 10.1 Å². The Morgan fingerprint density at radius 1 is 0.960 bits per heavy atom. The number of benzene rings is 3. The van der Waals surface area contributed by atoms with Gasteiger partial charge < -0.3 is 5.32 Å². The lowest BCUT2D eigenvalue weighted by atomic mass is 9.97. The third kappa shape index (κ3) is 3.20. The number of anilines is 1. The minimum Gasteiger partial charge on any atom is -0.360 e. The van der Waals surface area contributed by atoms with Crippen molar-refractivity contribution in [3.63, 3.8) is 0 Å². The maximum absolute atomic E-state index is 14.4. The fraction of sp³-hybridized carbons (Fsp3) is 0.0500. The third-order valence-corrected chi connectivity index (χ3v) is 4.87. The number of fused-ring (bicyclic) bond motifs is 1. The average Bonchev–Trinajstić information content (AvgIpc) is 2.62. The summed E-state index contributed by atoms with van der Waals surface area (Å²) in [6, 6.07) is 20.1. The van der Waals surface area contributed by atoms with Gasteiger partial charge in [0, 0.05) is 26.3 Å². The molecule has 1 unspecified atom stereocenters. The Labute approximate surface area is 158 Å². The molecule has 4 rings (SSSR count). The van der Waals surface area contributed by atoms with Crippen LogP contribution in [-0.4, -0.2) is 5.71 Å². The van der Waals surface area contributed by atoms with Crippen molar-refractivity contribution in [1.29, 1.82) is 0 Å². The summed E-state index contributed by atoms with van der Waals surface area (Å²) in [7, 11) is 0. The van der Waals surface area contributed by atoms with Gasteiger partial charge in [0.15, 0.2) is 0 Å². The van der Waals surface area contributed by atoms with E-state index in [1.54, 1.807) is 12.1 Å². The van der Waals surface area contributed by atoms with Crippen molar-refractivity contribution in [2.75, 3.05) is 5.32 Å². The summed E-state index contributed by atoms with van der Waals surface area (Å²) in [4.78, 5) is 4.79. The Morgan fingerprint density at radius 3 is 2.48 bits per heavy atom. The summed E-state index contributed by atoms with van der Waals surface area (Å²) in [5.41, 5.74) is 3.74. The summed E-state index contributed by atoms with van der Waals surface area (Å²) in [5, 5.41) is 3.98. The summed E-state index contributed by atoms with van der Waals surface area (Å²) >= 11 is 9.60.